The number of ether oxygens (including phenoxy) is 3. The van der Waals surface area contributed by atoms with Gasteiger partial charge in [-0.1, -0.05) is 128 Å². The minimum Gasteiger partial charge on any atom is -0.460 e. The summed E-state index contributed by atoms with van der Waals surface area (Å²) >= 11 is 0. The summed E-state index contributed by atoms with van der Waals surface area (Å²) in [5, 5.41) is 51.0. The van der Waals surface area contributed by atoms with E-state index in [1.165, 1.54) is 69.1 Å². The van der Waals surface area contributed by atoms with E-state index >= 15 is 0 Å². The van der Waals surface area contributed by atoms with Gasteiger partial charge >= 0.3 is 5.97 Å². The van der Waals surface area contributed by atoms with E-state index in [9.17, 15) is 34.7 Å². The van der Waals surface area contributed by atoms with E-state index in [2.05, 4.69) is 6.92 Å². The van der Waals surface area contributed by atoms with Gasteiger partial charge in [-0.2, -0.15) is 0 Å². The molecule has 0 spiro atoms. The van der Waals surface area contributed by atoms with Crippen LogP contribution in [0.1, 0.15) is 154 Å². The number of aryl methyl sites for hydroxylation is 1. The van der Waals surface area contributed by atoms with Gasteiger partial charge in [-0.15, -0.1) is 0 Å². The third-order valence-corrected chi connectivity index (χ3v) is 10.3. The number of benzene rings is 1. The van der Waals surface area contributed by atoms with Gasteiger partial charge in [0.05, 0.1) is 19.3 Å². The molecule has 1 aliphatic rings. The van der Waals surface area contributed by atoms with Crippen LogP contribution >= 0.6 is 0 Å². The van der Waals surface area contributed by atoms with Crippen LogP contribution in [-0.4, -0.2) is 93.7 Å². The van der Waals surface area contributed by atoms with E-state index in [1.54, 1.807) is 0 Å². The van der Waals surface area contributed by atoms with Gasteiger partial charge in [0.1, 0.15) is 42.4 Å². The molecule has 0 unspecified atom stereocenters. The van der Waals surface area contributed by atoms with E-state index in [4.69, 9.17) is 19.9 Å². The van der Waals surface area contributed by atoms with Crippen molar-refractivity contribution in [3.63, 3.8) is 0 Å². The van der Waals surface area contributed by atoms with Crippen molar-refractivity contribution < 1.29 is 48.9 Å². The molecule has 1 saturated heterocycles. The summed E-state index contributed by atoms with van der Waals surface area (Å²) in [6, 6.07) is 5.72. The average Bonchev–Trinajstić information content (AvgIpc) is 3.14. The van der Waals surface area contributed by atoms with Crippen molar-refractivity contribution in [2.75, 3.05) is 13.2 Å². The second-order valence-electron chi connectivity index (χ2n) is 14.8. The number of unbranched alkanes of at least 4 members (excludes halogenated alkanes) is 18. The average molecular weight is 742 g/mol. The fourth-order valence-corrected chi connectivity index (χ4v) is 6.81. The lowest BCUT2D eigenvalue weighted by Gasteiger charge is -2.40. The van der Waals surface area contributed by atoms with Crippen molar-refractivity contribution in [3.8, 4) is 0 Å². The lowest BCUT2D eigenvalue weighted by Crippen LogP contribution is -2.60. The van der Waals surface area contributed by atoms with Crippen LogP contribution in [0.15, 0.2) is 24.3 Å². The van der Waals surface area contributed by atoms with Crippen molar-refractivity contribution in [2.45, 2.75) is 204 Å². The highest BCUT2D eigenvalue weighted by Gasteiger charge is 2.44. The van der Waals surface area contributed by atoms with Crippen LogP contribution in [0, 0.1) is 5.82 Å². The number of carbonyl (C=O) groups is 1. The maximum absolute atomic E-state index is 13.1. The first kappa shape index (κ1) is 46.5. The smallest absolute Gasteiger partial charge is 0.306 e. The third kappa shape index (κ3) is 19.6. The van der Waals surface area contributed by atoms with Crippen LogP contribution in [0.3, 0.4) is 0 Å². The maximum Gasteiger partial charge on any atom is 0.306 e. The number of rotatable bonds is 31. The van der Waals surface area contributed by atoms with Gasteiger partial charge in [-0.3, -0.25) is 4.79 Å². The first-order chi connectivity index (χ1) is 25.2. The summed E-state index contributed by atoms with van der Waals surface area (Å²) in [6.45, 7) is 1.37. The zero-order chi connectivity index (χ0) is 38.0. The van der Waals surface area contributed by atoms with Gasteiger partial charge < -0.3 is 45.5 Å². The molecule has 0 saturated carbocycles. The Hall–Kier alpha value is -1.70. The highest BCUT2D eigenvalue weighted by molar-refractivity contribution is 5.69. The Morgan fingerprint density at radius 3 is 1.85 bits per heavy atom. The largest absolute Gasteiger partial charge is 0.460 e. The van der Waals surface area contributed by atoms with Gasteiger partial charge in [0.15, 0.2) is 6.29 Å². The second-order valence-corrected chi connectivity index (χ2v) is 14.8. The Kier molecular flexibility index (Phi) is 25.6. The molecule has 52 heavy (non-hydrogen) atoms. The van der Waals surface area contributed by atoms with Crippen LogP contribution in [0.25, 0.3) is 0 Å². The summed E-state index contributed by atoms with van der Waals surface area (Å²) in [5.41, 5.74) is 7.44. The monoisotopic (exact) mass is 742 g/mol. The van der Waals surface area contributed by atoms with Crippen LogP contribution in [0.5, 0.6) is 0 Å². The Bertz CT molecular complexity index is 1020. The molecule has 1 aromatic rings. The molecule has 10 nitrogen and oxygen atoms in total. The molecule has 1 heterocycles. The molecule has 1 aliphatic heterocycles. The molecule has 8 atom stereocenters. The Morgan fingerprint density at radius 1 is 0.769 bits per heavy atom. The van der Waals surface area contributed by atoms with Crippen molar-refractivity contribution in [1.82, 2.24) is 0 Å². The minimum absolute atomic E-state index is 0.202. The molecule has 0 amide bonds. The van der Waals surface area contributed by atoms with Gasteiger partial charge in [-0.05, 0) is 49.8 Å². The summed E-state index contributed by atoms with van der Waals surface area (Å²) < 4.78 is 29.8. The van der Waals surface area contributed by atoms with Crippen LogP contribution in [0.2, 0.25) is 0 Å². The fraction of sp³-hybridized carbons (Fsp3) is 0.829. The van der Waals surface area contributed by atoms with Crippen LogP contribution in [0.4, 0.5) is 4.39 Å². The molecule has 0 radical (unpaired) electrons. The third-order valence-electron chi connectivity index (χ3n) is 10.3. The fourth-order valence-electron chi connectivity index (χ4n) is 6.81. The first-order valence-corrected chi connectivity index (χ1v) is 20.5. The molecule has 11 heteroatoms. The summed E-state index contributed by atoms with van der Waals surface area (Å²) in [7, 11) is 0. The maximum atomic E-state index is 13.1. The van der Waals surface area contributed by atoms with E-state index in [1.807, 2.05) is 12.1 Å². The number of hydrogen-bond acceptors (Lipinski definition) is 10. The lowest BCUT2D eigenvalue weighted by molar-refractivity contribution is -0.302. The number of nitrogens with two attached hydrogens (primary N) is 1. The van der Waals surface area contributed by atoms with Gasteiger partial charge in [-0.25, -0.2) is 4.39 Å². The molecule has 1 aromatic carbocycles. The summed E-state index contributed by atoms with van der Waals surface area (Å²) in [4.78, 5) is 12.9. The Balaban J connectivity index is 1.71. The van der Waals surface area contributed by atoms with Crippen molar-refractivity contribution in [3.05, 3.63) is 35.6 Å². The highest BCUT2D eigenvalue weighted by atomic mass is 19.1. The molecule has 0 bridgehead atoms. The quantitative estimate of drug-likeness (QED) is 0.0370. The first-order valence-electron chi connectivity index (χ1n) is 20.5. The number of aliphatic hydroxyl groups excluding tert-OH is 5. The molecular weight excluding hydrogens is 669 g/mol. The molecule has 302 valence electrons. The molecule has 0 aliphatic carbocycles. The molecular formula is C41H72FNO9. The van der Waals surface area contributed by atoms with E-state index in [-0.39, 0.29) is 24.8 Å². The number of carbonyl (C=O) groups excluding carboxylic acids is 1. The van der Waals surface area contributed by atoms with Gasteiger partial charge in [0.2, 0.25) is 0 Å². The summed E-state index contributed by atoms with van der Waals surface area (Å²) in [6.07, 6.45) is 15.1. The van der Waals surface area contributed by atoms with Crippen molar-refractivity contribution in [2.24, 2.45) is 5.73 Å². The number of hydrogen-bond donors (Lipinski definition) is 6. The van der Waals surface area contributed by atoms with Gasteiger partial charge in [0.25, 0.3) is 0 Å². The van der Waals surface area contributed by atoms with Crippen LogP contribution < -0.4 is 5.73 Å². The van der Waals surface area contributed by atoms with Crippen molar-refractivity contribution >= 4 is 5.97 Å². The second kappa shape index (κ2) is 28.7. The standard InChI is InChI=1S/C41H72FNO9/c1-2-3-4-5-6-7-8-9-10-14-17-20-23-34(37(46)33(43)30-50-41-40(49)39(48)38(47)35(29-44)52-41)51-36(45)24-21-18-15-12-11-13-16-19-22-31-25-27-32(42)28-26-31/h25-28,33-35,37-41,44,46-49H,2-24,29-30,43H2,1H3/t33-,34+,35+,37-,38-,39-,40+,41-/m0/s1. The number of esters is 1. The normalized spacial score (nSPS) is 22.3. The SMILES string of the molecule is CCCCCCCCCCCCCC[C@@H](OC(=O)CCCCCCCCCCc1ccc(F)cc1)[C@@H](O)[C@@H](N)CO[C@H]1O[C@H](CO)[C@H](O)[C@H](O)[C@H]1O. The van der Waals surface area contributed by atoms with Gasteiger partial charge in [0, 0.05) is 6.42 Å². The van der Waals surface area contributed by atoms with E-state index < -0.39 is 55.6 Å². The number of aliphatic hydroxyl groups is 5. The number of halogens is 1. The van der Waals surface area contributed by atoms with E-state index in [0.717, 1.165) is 77.0 Å². The Labute approximate surface area is 312 Å². The predicted molar refractivity (Wildman–Crippen MR) is 201 cm³/mol. The predicted octanol–water partition coefficient (Wildman–Crippen LogP) is 6.39. The highest BCUT2D eigenvalue weighted by Crippen LogP contribution is 2.23. The molecule has 1 fully saturated rings. The van der Waals surface area contributed by atoms with Crippen molar-refractivity contribution in [1.29, 1.82) is 0 Å². The Morgan fingerprint density at radius 2 is 1.29 bits per heavy atom. The molecule has 7 N–H and O–H groups in total. The minimum atomic E-state index is -1.59. The zero-order valence-electron chi connectivity index (χ0n) is 31.9. The molecule has 2 rings (SSSR count). The van der Waals surface area contributed by atoms with E-state index in [0.29, 0.717) is 12.8 Å². The molecule has 0 aromatic heterocycles. The zero-order valence-corrected chi connectivity index (χ0v) is 31.9. The topological polar surface area (TPSA) is 172 Å². The summed E-state index contributed by atoms with van der Waals surface area (Å²) in [5.74, 6) is -0.572. The lowest BCUT2D eigenvalue weighted by atomic mass is 9.98. The van der Waals surface area contributed by atoms with Crippen LogP contribution in [-0.2, 0) is 25.4 Å².